The summed E-state index contributed by atoms with van der Waals surface area (Å²) in [6.45, 7) is 0.0328. The first-order chi connectivity index (χ1) is 13.5. The quantitative estimate of drug-likeness (QED) is 0.635. The molecule has 5 nitrogen and oxygen atoms in total. The number of hydrogen-bond donors (Lipinski definition) is 2. The molecule has 0 saturated carbocycles. The second-order valence-corrected chi connectivity index (χ2v) is 6.57. The highest BCUT2D eigenvalue weighted by Crippen LogP contribution is 2.23. The van der Waals surface area contributed by atoms with Gasteiger partial charge in [0.1, 0.15) is 17.3 Å². The molecule has 0 aliphatic heterocycles. The van der Waals surface area contributed by atoms with E-state index in [2.05, 4.69) is 10.6 Å². The zero-order chi connectivity index (χ0) is 19.9. The van der Waals surface area contributed by atoms with E-state index in [1.807, 2.05) is 18.2 Å². The Balaban J connectivity index is 1.43. The number of hydrogen-bond acceptors (Lipinski definition) is 3. The van der Waals surface area contributed by atoms with Gasteiger partial charge in [-0.05, 0) is 54.1 Å². The van der Waals surface area contributed by atoms with Gasteiger partial charge >= 0.3 is 0 Å². The Morgan fingerprint density at radius 3 is 2.50 bits per heavy atom. The van der Waals surface area contributed by atoms with Crippen LogP contribution in [0.15, 0.2) is 65.1 Å². The first kappa shape index (κ1) is 19.6. The average Bonchev–Trinajstić information content (AvgIpc) is 3.14. The van der Waals surface area contributed by atoms with E-state index in [1.54, 1.807) is 24.3 Å². The maximum absolute atomic E-state index is 13.1. The Morgan fingerprint density at radius 1 is 0.964 bits per heavy atom. The van der Waals surface area contributed by atoms with Crippen molar-refractivity contribution in [3.63, 3.8) is 0 Å². The van der Waals surface area contributed by atoms with Gasteiger partial charge in [0.25, 0.3) is 0 Å². The van der Waals surface area contributed by atoms with Crippen LogP contribution in [0.25, 0.3) is 11.3 Å². The molecule has 1 aromatic heterocycles. The SMILES string of the molecule is O=C(CNC(=O)Cc1cccc(F)c1)NCc1ccc(-c2ccc(Cl)cc2)o1. The second-order valence-electron chi connectivity index (χ2n) is 6.13. The summed E-state index contributed by atoms with van der Waals surface area (Å²) in [4.78, 5) is 23.7. The van der Waals surface area contributed by atoms with E-state index in [0.29, 0.717) is 22.1 Å². The number of carbonyl (C=O) groups excluding carboxylic acids is 2. The fourth-order valence-electron chi connectivity index (χ4n) is 2.56. The maximum Gasteiger partial charge on any atom is 0.239 e. The van der Waals surface area contributed by atoms with Crippen molar-refractivity contribution in [2.75, 3.05) is 6.54 Å². The third kappa shape index (κ3) is 5.69. The Morgan fingerprint density at radius 2 is 1.75 bits per heavy atom. The van der Waals surface area contributed by atoms with E-state index in [-0.39, 0.29) is 31.3 Å². The second kappa shape index (κ2) is 9.19. The Labute approximate surface area is 166 Å². The van der Waals surface area contributed by atoms with Crippen LogP contribution in [0, 0.1) is 5.82 Å². The average molecular weight is 401 g/mol. The Kier molecular flexibility index (Phi) is 6.45. The van der Waals surface area contributed by atoms with Crippen molar-refractivity contribution in [2.24, 2.45) is 0 Å². The lowest BCUT2D eigenvalue weighted by Crippen LogP contribution is -2.37. The lowest BCUT2D eigenvalue weighted by Gasteiger charge is -2.06. The van der Waals surface area contributed by atoms with Gasteiger partial charge in [-0.25, -0.2) is 4.39 Å². The summed E-state index contributed by atoms with van der Waals surface area (Å²) >= 11 is 5.87. The van der Waals surface area contributed by atoms with Gasteiger partial charge < -0.3 is 15.1 Å². The lowest BCUT2D eigenvalue weighted by atomic mass is 10.1. The summed E-state index contributed by atoms with van der Waals surface area (Å²) in [6, 6.07) is 16.6. The number of benzene rings is 2. The Hall–Kier alpha value is -3.12. The molecule has 0 aliphatic rings. The van der Waals surface area contributed by atoms with Gasteiger partial charge in [0, 0.05) is 10.6 Å². The van der Waals surface area contributed by atoms with E-state index in [9.17, 15) is 14.0 Å². The minimum atomic E-state index is -0.403. The van der Waals surface area contributed by atoms with Gasteiger partial charge in [0.05, 0.1) is 19.5 Å². The third-order valence-electron chi connectivity index (χ3n) is 3.95. The predicted octanol–water partition coefficient (Wildman–Crippen LogP) is 3.71. The van der Waals surface area contributed by atoms with Gasteiger partial charge in [-0.15, -0.1) is 0 Å². The van der Waals surface area contributed by atoms with Crippen molar-refractivity contribution < 1.29 is 18.4 Å². The maximum atomic E-state index is 13.1. The third-order valence-corrected chi connectivity index (χ3v) is 4.20. The van der Waals surface area contributed by atoms with Crippen LogP contribution in [-0.2, 0) is 22.6 Å². The van der Waals surface area contributed by atoms with E-state index in [4.69, 9.17) is 16.0 Å². The molecule has 0 atom stereocenters. The molecular weight excluding hydrogens is 383 g/mol. The van der Waals surface area contributed by atoms with Crippen molar-refractivity contribution in [2.45, 2.75) is 13.0 Å². The van der Waals surface area contributed by atoms with Crippen LogP contribution in [-0.4, -0.2) is 18.4 Å². The number of halogens is 2. The number of amides is 2. The standard InChI is InChI=1S/C21H18ClFN2O3/c22-16-6-4-15(5-7-16)19-9-8-18(28-19)12-24-21(27)13-25-20(26)11-14-2-1-3-17(23)10-14/h1-10H,11-13H2,(H,24,27)(H,25,26). The fraction of sp³-hybridized carbons (Fsp3) is 0.143. The molecule has 0 unspecified atom stereocenters. The van der Waals surface area contributed by atoms with Crippen LogP contribution in [0.2, 0.25) is 5.02 Å². The van der Waals surface area contributed by atoms with Gasteiger partial charge in [0.2, 0.25) is 11.8 Å². The largest absolute Gasteiger partial charge is 0.459 e. The highest BCUT2D eigenvalue weighted by atomic mass is 35.5. The number of carbonyl (C=O) groups is 2. The molecule has 0 fully saturated rings. The van der Waals surface area contributed by atoms with E-state index < -0.39 is 5.82 Å². The first-order valence-corrected chi connectivity index (χ1v) is 9.00. The zero-order valence-electron chi connectivity index (χ0n) is 14.9. The highest BCUT2D eigenvalue weighted by molar-refractivity contribution is 6.30. The van der Waals surface area contributed by atoms with Crippen LogP contribution >= 0.6 is 11.6 Å². The minimum absolute atomic E-state index is 0.00762. The topological polar surface area (TPSA) is 71.3 Å². The van der Waals surface area contributed by atoms with Crippen LogP contribution < -0.4 is 10.6 Å². The summed E-state index contributed by atoms with van der Waals surface area (Å²) in [5, 5.41) is 5.82. The Bertz CT molecular complexity index is 970. The van der Waals surface area contributed by atoms with Crippen LogP contribution in [0.5, 0.6) is 0 Å². The van der Waals surface area contributed by atoms with Crippen LogP contribution in [0.3, 0.4) is 0 Å². The van der Waals surface area contributed by atoms with Crippen molar-refractivity contribution in [3.8, 4) is 11.3 Å². The molecular formula is C21H18ClFN2O3. The lowest BCUT2D eigenvalue weighted by molar-refractivity contribution is -0.125. The van der Waals surface area contributed by atoms with Gasteiger partial charge in [-0.3, -0.25) is 9.59 Å². The summed E-state index contributed by atoms with van der Waals surface area (Å²) in [5.41, 5.74) is 1.43. The molecule has 0 spiro atoms. The van der Waals surface area contributed by atoms with Gasteiger partial charge in [-0.2, -0.15) is 0 Å². The van der Waals surface area contributed by atoms with E-state index in [1.165, 1.54) is 18.2 Å². The molecule has 2 aromatic carbocycles. The van der Waals surface area contributed by atoms with Crippen molar-refractivity contribution in [1.29, 1.82) is 0 Å². The number of nitrogens with one attached hydrogen (secondary N) is 2. The van der Waals surface area contributed by atoms with Gasteiger partial charge in [0.15, 0.2) is 0 Å². The molecule has 3 aromatic rings. The molecule has 3 rings (SSSR count). The van der Waals surface area contributed by atoms with Crippen LogP contribution in [0.1, 0.15) is 11.3 Å². The molecule has 1 heterocycles. The summed E-state index contributed by atoms with van der Waals surface area (Å²) < 4.78 is 18.8. The molecule has 7 heteroatoms. The summed E-state index contributed by atoms with van der Waals surface area (Å²) in [5.74, 6) is 0.147. The zero-order valence-corrected chi connectivity index (χ0v) is 15.6. The molecule has 28 heavy (non-hydrogen) atoms. The summed E-state index contributed by atoms with van der Waals surface area (Å²) in [6.07, 6.45) is 0.00762. The number of rotatable bonds is 7. The molecule has 0 saturated heterocycles. The fourth-order valence-corrected chi connectivity index (χ4v) is 2.69. The minimum Gasteiger partial charge on any atom is -0.459 e. The molecule has 0 radical (unpaired) electrons. The van der Waals surface area contributed by atoms with E-state index >= 15 is 0 Å². The summed E-state index contributed by atoms with van der Waals surface area (Å²) in [7, 11) is 0. The molecule has 144 valence electrons. The number of furan rings is 1. The smallest absolute Gasteiger partial charge is 0.239 e. The highest BCUT2D eigenvalue weighted by Gasteiger charge is 2.09. The molecule has 0 bridgehead atoms. The van der Waals surface area contributed by atoms with Gasteiger partial charge in [-0.1, -0.05) is 23.7 Å². The van der Waals surface area contributed by atoms with Crippen molar-refractivity contribution in [1.82, 2.24) is 10.6 Å². The molecule has 2 N–H and O–H groups in total. The van der Waals surface area contributed by atoms with E-state index in [0.717, 1.165) is 5.56 Å². The van der Waals surface area contributed by atoms with Crippen molar-refractivity contribution in [3.05, 3.63) is 82.8 Å². The monoisotopic (exact) mass is 400 g/mol. The predicted molar refractivity (Wildman–Crippen MR) is 104 cm³/mol. The van der Waals surface area contributed by atoms with Crippen molar-refractivity contribution >= 4 is 23.4 Å². The molecule has 0 aliphatic carbocycles. The first-order valence-electron chi connectivity index (χ1n) is 8.62. The molecule has 2 amide bonds. The van der Waals surface area contributed by atoms with Crippen LogP contribution in [0.4, 0.5) is 4.39 Å². The normalized spacial score (nSPS) is 10.5.